The molecule has 0 spiro atoms. The second kappa shape index (κ2) is 7.85. The zero-order valence-corrected chi connectivity index (χ0v) is 17.4. The molecular weight excluding hydrogens is 416 g/mol. The monoisotopic (exact) mass is 436 g/mol. The fourth-order valence-corrected chi connectivity index (χ4v) is 5.07. The minimum atomic E-state index is -3.66. The number of ether oxygens (including phenoxy) is 2. The van der Waals surface area contributed by atoms with Crippen LogP contribution in [0, 0.1) is 6.92 Å². The van der Waals surface area contributed by atoms with E-state index >= 15 is 0 Å². The number of halogens is 1. The van der Waals surface area contributed by atoms with Crippen LogP contribution in [0.2, 0.25) is 5.02 Å². The maximum absolute atomic E-state index is 12.9. The molecule has 2 aromatic rings. The highest BCUT2D eigenvalue weighted by atomic mass is 35.5. The Morgan fingerprint density at radius 1 is 1.07 bits per heavy atom. The number of nitrogens with zero attached hydrogens (tertiary/aromatic N) is 2. The van der Waals surface area contributed by atoms with Crippen LogP contribution in [-0.2, 0) is 14.8 Å². The second-order valence-corrected chi connectivity index (χ2v) is 9.35. The van der Waals surface area contributed by atoms with Crippen LogP contribution in [0.15, 0.2) is 47.4 Å². The summed E-state index contributed by atoms with van der Waals surface area (Å²) in [7, 11) is -3.66. The van der Waals surface area contributed by atoms with Gasteiger partial charge in [0, 0.05) is 31.2 Å². The summed E-state index contributed by atoms with van der Waals surface area (Å²) in [4.78, 5) is 14.6. The minimum Gasteiger partial charge on any atom is -0.485 e. The van der Waals surface area contributed by atoms with Crippen LogP contribution in [0.3, 0.4) is 0 Å². The van der Waals surface area contributed by atoms with E-state index in [4.69, 9.17) is 21.1 Å². The molecule has 1 atom stereocenters. The van der Waals surface area contributed by atoms with Gasteiger partial charge in [0.05, 0.1) is 4.90 Å². The fraction of sp³-hybridized carbons (Fsp3) is 0.350. The number of hydrogen-bond acceptors (Lipinski definition) is 5. The summed E-state index contributed by atoms with van der Waals surface area (Å²) in [5.41, 5.74) is 0.817. The molecule has 0 saturated carbocycles. The molecule has 1 unspecified atom stereocenters. The number of carbonyl (C=O) groups is 1. The lowest BCUT2D eigenvalue weighted by molar-refractivity contribution is -0.142. The van der Waals surface area contributed by atoms with Gasteiger partial charge in [0.25, 0.3) is 5.91 Å². The third kappa shape index (κ3) is 3.92. The van der Waals surface area contributed by atoms with E-state index in [1.165, 1.54) is 10.4 Å². The Morgan fingerprint density at radius 2 is 1.76 bits per heavy atom. The molecule has 29 heavy (non-hydrogen) atoms. The third-order valence-corrected chi connectivity index (χ3v) is 7.42. The number of carbonyl (C=O) groups excluding carboxylic acids is 1. The number of sulfonamides is 1. The van der Waals surface area contributed by atoms with Crippen molar-refractivity contribution in [3.63, 3.8) is 0 Å². The van der Waals surface area contributed by atoms with Crippen LogP contribution < -0.4 is 9.47 Å². The highest BCUT2D eigenvalue weighted by Gasteiger charge is 2.35. The van der Waals surface area contributed by atoms with Crippen LogP contribution in [0.25, 0.3) is 0 Å². The Bertz CT molecular complexity index is 1030. The Kier molecular flexibility index (Phi) is 5.42. The van der Waals surface area contributed by atoms with Gasteiger partial charge in [0.15, 0.2) is 11.5 Å². The fourth-order valence-electron chi connectivity index (χ4n) is 3.38. The highest BCUT2D eigenvalue weighted by Crippen LogP contribution is 2.31. The van der Waals surface area contributed by atoms with E-state index < -0.39 is 16.1 Å². The van der Waals surface area contributed by atoms with E-state index in [0.717, 1.165) is 5.56 Å². The first kappa shape index (κ1) is 20.0. The SMILES string of the molecule is Cc1ccc(S(=O)(=O)N2CCN(C(=O)C3COc4ccccc4O3)CC2)cc1Cl. The number of aryl methyl sites for hydroxylation is 1. The van der Waals surface area contributed by atoms with Crippen molar-refractivity contribution < 1.29 is 22.7 Å². The Balaban J connectivity index is 1.40. The second-order valence-electron chi connectivity index (χ2n) is 7.00. The molecule has 0 aliphatic carbocycles. The van der Waals surface area contributed by atoms with Gasteiger partial charge in [-0.1, -0.05) is 29.8 Å². The molecule has 2 heterocycles. The van der Waals surface area contributed by atoms with Gasteiger partial charge in [-0.15, -0.1) is 0 Å². The first-order valence-electron chi connectivity index (χ1n) is 9.30. The molecule has 2 aliphatic rings. The van der Waals surface area contributed by atoms with Crippen molar-refractivity contribution in [1.82, 2.24) is 9.21 Å². The van der Waals surface area contributed by atoms with Crippen molar-refractivity contribution in [1.29, 1.82) is 0 Å². The summed E-state index contributed by atoms with van der Waals surface area (Å²) in [6.45, 7) is 2.96. The van der Waals surface area contributed by atoms with Crippen LogP contribution >= 0.6 is 11.6 Å². The van der Waals surface area contributed by atoms with E-state index in [2.05, 4.69) is 0 Å². The molecule has 0 N–H and O–H groups in total. The van der Waals surface area contributed by atoms with E-state index in [-0.39, 0.29) is 30.5 Å². The summed E-state index contributed by atoms with van der Waals surface area (Å²) in [5, 5.41) is 0.412. The predicted octanol–water partition coefficient (Wildman–Crippen LogP) is 2.32. The number of piperazine rings is 1. The molecule has 0 radical (unpaired) electrons. The van der Waals surface area contributed by atoms with E-state index in [9.17, 15) is 13.2 Å². The zero-order chi connectivity index (χ0) is 20.6. The number of rotatable bonds is 3. The van der Waals surface area contributed by atoms with Gasteiger partial charge in [-0.3, -0.25) is 4.79 Å². The van der Waals surface area contributed by atoms with Crippen molar-refractivity contribution in [3.05, 3.63) is 53.1 Å². The summed E-state index contributed by atoms with van der Waals surface area (Å²) in [6.07, 6.45) is -0.732. The normalized spacial score (nSPS) is 19.8. The van der Waals surface area contributed by atoms with Gasteiger partial charge in [-0.25, -0.2) is 8.42 Å². The highest BCUT2D eigenvalue weighted by molar-refractivity contribution is 7.89. The summed E-state index contributed by atoms with van der Waals surface area (Å²) in [5.74, 6) is 0.953. The maximum Gasteiger partial charge on any atom is 0.267 e. The number of para-hydroxylation sites is 2. The van der Waals surface area contributed by atoms with Crippen LogP contribution in [-0.4, -0.2) is 62.4 Å². The molecule has 0 aromatic heterocycles. The lowest BCUT2D eigenvalue weighted by atomic mass is 10.2. The third-order valence-electron chi connectivity index (χ3n) is 5.12. The topological polar surface area (TPSA) is 76.2 Å². The molecule has 1 fully saturated rings. The Morgan fingerprint density at radius 3 is 2.45 bits per heavy atom. The smallest absolute Gasteiger partial charge is 0.267 e. The van der Waals surface area contributed by atoms with Gasteiger partial charge in [0.1, 0.15) is 6.61 Å². The quantitative estimate of drug-likeness (QED) is 0.738. The molecule has 9 heteroatoms. The predicted molar refractivity (Wildman–Crippen MR) is 108 cm³/mol. The van der Waals surface area contributed by atoms with E-state index in [0.29, 0.717) is 29.6 Å². The maximum atomic E-state index is 12.9. The molecule has 7 nitrogen and oxygen atoms in total. The standard InChI is InChI=1S/C20H21ClN2O5S/c1-14-6-7-15(12-16(14)21)29(25,26)23-10-8-22(9-11-23)20(24)19-13-27-17-4-2-3-5-18(17)28-19/h2-7,12,19H,8-11,13H2,1H3. The minimum absolute atomic E-state index is 0.135. The summed E-state index contributed by atoms with van der Waals surface area (Å²) < 4.78 is 38.5. The first-order valence-corrected chi connectivity index (χ1v) is 11.1. The van der Waals surface area contributed by atoms with E-state index in [1.54, 1.807) is 29.2 Å². The molecule has 1 saturated heterocycles. The Hall–Kier alpha value is -2.29. The largest absolute Gasteiger partial charge is 0.485 e. The van der Waals surface area contributed by atoms with Gasteiger partial charge < -0.3 is 14.4 Å². The molecule has 154 valence electrons. The van der Waals surface area contributed by atoms with Crippen LogP contribution in [0.5, 0.6) is 11.5 Å². The average molecular weight is 437 g/mol. The van der Waals surface area contributed by atoms with Gasteiger partial charge in [-0.05, 0) is 36.8 Å². The molecule has 4 rings (SSSR count). The number of fused-ring (bicyclic) bond motifs is 1. The molecule has 2 aromatic carbocycles. The van der Waals surface area contributed by atoms with Crippen LogP contribution in [0.4, 0.5) is 0 Å². The average Bonchev–Trinajstić information content (AvgIpc) is 2.74. The Labute approximate surface area is 174 Å². The number of benzene rings is 2. The molecule has 2 aliphatic heterocycles. The first-order chi connectivity index (χ1) is 13.9. The van der Waals surface area contributed by atoms with Gasteiger partial charge >= 0.3 is 0 Å². The van der Waals surface area contributed by atoms with Crippen molar-refractivity contribution in [2.45, 2.75) is 17.9 Å². The van der Waals surface area contributed by atoms with Crippen molar-refractivity contribution in [2.24, 2.45) is 0 Å². The van der Waals surface area contributed by atoms with Crippen molar-refractivity contribution in [3.8, 4) is 11.5 Å². The van der Waals surface area contributed by atoms with Gasteiger partial charge in [-0.2, -0.15) is 4.31 Å². The van der Waals surface area contributed by atoms with Crippen molar-refractivity contribution >= 4 is 27.5 Å². The van der Waals surface area contributed by atoms with Crippen LogP contribution in [0.1, 0.15) is 5.56 Å². The molecule has 0 bridgehead atoms. The number of amides is 1. The van der Waals surface area contributed by atoms with Crippen molar-refractivity contribution in [2.75, 3.05) is 32.8 Å². The zero-order valence-electron chi connectivity index (χ0n) is 15.9. The lowest BCUT2D eigenvalue weighted by Crippen LogP contribution is -2.55. The number of hydrogen-bond donors (Lipinski definition) is 0. The molecule has 1 amide bonds. The van der Waals surface area contributed by atoms with E-state index in [1.807, 2.05) is 19.1 Å². The summed E-state index contributed by atoms with van der Waals surface area (Å²) >= 11 is 6.08. The van der Waals surface area contributed by atoms with Gasteiger partial charge in [0.2, 0.25) is 16.1 Å². The lowest BCUT2D eigenvalue weighted by Gasteiger charge is -2.36. The summed E-state index contributed by atoms with van der Waals surface area (Å²) in [6, 6.07) is 11.9. The molecular formula is C20H21ClN2O5S.